The molecule has 0 spiro atoms. The maximum absolute atomic E-state index is 5.70. The Kier molecular flexibility index (Phi) is 68.4. The normalized spacial score (nSPS) is 10.8. The lowest BCUT2D eigenvalue weighted by Crippen LogP contribution is -2.00. The third-order valence-corrected chi connectivity index (χ3v) is 13.5. The molecule has 350 valence electrons. The van der Waals surface area contributed by atoms with E-state index in [1.165, 1.54) is 244 Å². The Morgan fingerprint density at radius 3 is 0.672 bits per heavy atom. The lowest BCUT2D eigenvalue weighted by Gasteiger charge is -2.07. The number of thiol groups is 2. The van der Waals surface area contributed by atoms with Crippen molar-refractivity contribution < 1.29 is 9.47 Å². The Balaban J connectivity index is -0.000001000. The first-order chi connectivity index (χ1) is 28.6. The SMILES string of the molecule is CCCCCCCCCCCCOC(=S)SCCCCCCCCCCCC.CCCCCCCCCCCCOC(=S)SCCCCCCCCCCCC.SS. The molecular weight excluding hydrogens is 825 g/mol. The molecule has 0 amide bonds. The van der Waals surface area contributed by atoms with E-state index in [9.17, 15) is 0 Å². The number of ether oxygens (including phenoxy) is 2. The quantitative estimate of drug-likeness (QED) is 0.0273. The zero-order valence-electron chi connectivity index (χ0n) is 39.5. The molecule has 2 nitrogen and oxygen atoms in total. The lowest BCUT2D eigenvalue weighted by atomic mass is 10.1. The van der Waals surface area contributed by atoms with Crippen molar-refractivity contribution in [1.29, 1.82) is 0 Å². The van der Waals surface area contributed by atoms with E-state index in [-0.39, 0.29) is 0 Å². The Hall–Kier alpha value is 1.18. The standard InChI is InChI=1S/2C25H50OS2.H2S2/c2*1-3-5-7-9-11-13-15-17-19-21-23-26-25(27)28-24-22-20-18-16-14-12-10-8-6-4-2;1-2/h2*3-24H2,1-2H3;1-2H. The van der Waals surface area contributed by atoms with Crippen LogP contribution >= 0.6 is 71.3 Å². The van der Waals surface area contributed by atoms with Crippen LogP contribution in [0.3, 0.4) is 0 Å². The summed E-state index contributed by atoms with van der Waals surface area (Å²) in [6.07, 6.45) is 55.2. The number of unbranched alkanes of at least 4 members (excludes halogenated alkanes) is 36. The van der Waals surface area contributed by atoms with E-state index in [2.05, 4.69) is 51.0 Å². The minimum atomic E-state index is 0.770. The van der Waals surface area contributed by atoms with Crippen molar-refractivity contribution in [2.24, 2.45) is 0 Å². The second-order valence-corrected chi connectivity index (χ2v) is 20.0. The van der Waals surface area contributed by atoms with Crippen LogP contribution in [-0.2, 0) is 9.47 Å². The fourth-order valence-electron chi connectivity index (χ4n) is 7.06. The summed E-state index contributed by atoms with van der Waals surface area (Å²) in [6.45, 7) is 10.8. The van der Waals surface area contributed by atoms with Gasteiger partial charge in [-0.15, -0.1) is 23.3 Å². The van der Waals surface area contributed by atoms with Crippen LogP contribution in [0.2, 0.25) is 0 Å². The van der Waals surface area contributed by atoms with Gasteiger partial charge in [-0.2, -0.15) is 0 Å². The van der Waals surface area contributed by atoms with Crippen molar-refractivity contribution in [2.45, 2.75) is 285 Å². The highest BCUT2D eigenvalue weighted by molar-refractivity contribution is 8.59. The fourth-order valence-corrected chi connectivity index (χ4v) is 9.09. The molecule has 0 radical (unpaired) electrons. The number of hydrogen-bond acceptors (Lipinski definition) is 8. The number of thiocarbonyl (C=S) groups is 2. The highest BCUT2D eigenvalue weighted by Crippen LogP contribution is 2.17. The molecule has 0 aliphatic heterocycles. The molecule has 0 atom stereocenters. The molecule has 0 heterocycles. The second-order valence-electron chi connectivity index (χ2n) is 16.6. The van der Waals surface area contributed by atoms with Crippen LogP contribution in [0.25, 0.3) is 0 Å². The molecule has 0 aromatic heterocycles. The van der Waals surface area contributed by atoms with E-state index in [1.54, 1.807) is 23.5 Å². The van der Waals surface area contributed by atoms with E-state index >= 15 is 0 Å². The van der Waals surface area contributed by atoms with Crippen LogP contribution < -0.4 is 0 Å². The molecule has 0 aliphatic rings. The molecule has 0 saturated heterocycles. The average Bonchev–Trinajstić information content (AvgIpc) is 3.24. The minimum absolute atomic E-state index is 0.770. The van der Waals surface area contributed by atoms with Gasteiger partial charge in [0.15, 0.2) is 0 Å². The van der Waals surface area contributed by atoms with Gasteiger partial charge in [0.05, 0.1) is 13.2 Å². The van der Waals surface area contributed by atoms with Crippen molar-refractivity contribution in [3.05, 3.63) is 0 Å². The summed E-state index contributed by atoms with van der Waals surface area (Å²) in [6, 6.07) is 0. The van der Waals surface area contributed by atoms with E-state index < -0.39 is 0 Å². The van der Waals surface area contributed by atoms with Crippen molar-refractivity contribution in [3.8, 4) is 0 Å². The molecule has 0 fully saturated rings. The van der Waals surface area contributed by atoms with Gasteiger partial charge < -0.3 is 9.47 Å². The average molecular weight is 928 g/mol. The van der Waals surface area contributed by atoms with Gasteiger partial charge in [0.1, 0.15) is 0 Å². The zero-order chi connectivity index (χ0) is 43.1. The first kappa shape index (κ1) is 63.5. The van der Waals surface area contributed by atoms with E-state index in [1.807, 2.05) is 0 Å². The molecule has 0 bridgehead atoms. The van der Waals surface area contributed by atoms with Crippen LogP contribution in [0, 0.1) is 0 Å². The van der Waals surface area contributed by atoms with Gasteiger partial charge in [-0.25, -0.2) is 0 Å². The van der Waals surface area contributed by atoms with Gasteiger partial charge in [0, 0.05) is 11.5 Å². The van der Waals surface area contributed by atoms with E-state index in [4.69, 9.17) is 33.9 Å². The zero-order valence-corrected chi connectivity index (χ0v) is 44.5. The predicted molar refractivity (Wildman–Crippen MR) is 287 cm³/mol. The van der Waals surface area contributed by atoms with Crippen molar-refractivity contribution in [1.82, 2.24) is 0 Å². The van der Waals surface area contributed by atoms with Crippen LogP contribution in [0.5, 0.6) is 0 Å². The topological polar surface area (TPSA) is 18.5 Å². The summed E-state index contributed by atoms with van der Waals surface area (Å²) in [5.74, 6) is 2.26. The van der Waals surface area contributed by atoms with Crippen molar-refractivity contribution in [2.75, 3.05) is 24.7 Å². The second kappa shape index (κ2) is 62.5. The maximum Gasteiger partial charge on any atom is 0.219 e. The Bertz CT molecular complexity index is 625. The van der Waals surface area contributed by atoms with Crippen LogP contribution in [0.15, 0.2) is 0 Å². The Morgan fingerprint density at radius 2 is 0.466 bits per heavy atom. The number of rotatable bonds is 44. The minimum Gasteiger partial charge on any atom is -0.479 e. The van der Waals surface area contributed by atoms with Gasteiger partial charge in [-0.3, -0.25) is 0 Å². The largest absolute Gasteiger partial charge is 0.479 e. The molecule has 0 rings (SSSR count). The van der Waals surface area contributed by atoms with E-state index in [0.29, 0.717) is 0 Å². The first-order valence-corrected chi connectivity index (χ1v) is 29.8. The number of thioether (sulfide) groups is 2. The Labute approximate surface area is 396 Å². The fraction of sp³-hybridized carbons (Fsp3) is 0.960. The molecule has 0 aliphatic carbocycles. The van der Waals surface area contributed by atoms with Crippen LogP contribution in [0.1, 0.15) is 285 Å². The third-order valence-electron chi connectivity index (χ3n) is 10.9. The van der Waals surface area contributed by atoms with Crippen molar-refractivity contribution in [3.63, 3.8) is 0 Å². The summed E-state index contributed by atoms with van der Waals surface area (Å²) < 4.78 is 12.9. The lowest BCUT2D eigenvalue weighted by molar-refractivity contribution is 0.307. The third kappa shape index (κ3) is 63.8. The van der Waals surface area contributed by atoms with Crippen LogP contribution in [0.4, 0.5) is 0 Å². The smallest absolute Gasteiger partial charge is 0.219 e. The van der Waals surface area contributed by atoms with Gasteiger partial charge in [0.25, 0.3) is 0 Å². The predicted octanol–water partition coefficient (Wildman–Crippen LogP) is 20.5. The molecule has 0 saturated carbocycles. The van der Waals surface area contributed by atoms with Gasteiger partial charge in [0.2, 0.25) is 8.77 Å². The van der Waals surface area contributed by atoms with Gasteiger partial charge in [-0.05, 0) is 50.1 Å². The van der Waals surface area contributed by atoms with Crippen LogP contribution in [-0.4, -0.2) is 33.5 Å². The van der Waals surface area contributed by atoms with Crippen molar-refractivity contribution >= 4 is 80.0 Å². The summed E-state index contributed by atoms with van der Waals surface area (Å²) in [4.78, 5) is 0. The van der Waals surface area contributed by atoms with Gasteiger partial charge >= 0.3 is 0 Å². The molecule has 0 aromatic carbocycles. The Morgan fingerprint density at radius 1 is 0.293 bits per heavy atom. The molecule has 8 heteroatoms. The summed E-state index contributed by atoms with van der Waals surface area (Å²) in [5, 5.41) is 0. The first-order valence-electron chi connectivity index (χ1n) is 25.4. The number of hydrogen-bond donors (Lipinski definition) is 2. The summed E-state index contributed by atoms with van der Waals surface area (Å²) in [5.41, 5.74) is 0. The molecular formula is C50H102O2S6. The highest BCUT2D eigenvalue weighted by atomic mass is 33.1. The monoisotopic (exact) mass is 927 g/mol. The summed E-state index contributed by atoms with van der Waals surface area (Å²) >= 11 is 20.6. The maximum atomic E-state index is 5.70. The summed E-state index contributed by atoms with van der Waals surface area (Å²) in [7, 11) is 0. The molecule has 0 unspecified atom stereocenters. The van der Waals surface area contributed by atoms with Gasteiger partial charge in [-0.1, -0.05) is 282 Å². The molecule has 0 aromatic rings. The highest BCUT2D eigenvalue weighted by Gasteiger charge is 2.02. The molecule has 0 N–H and O–H groups in total. The van der Waals surface area contributed by atoms with E-state index in [0.717, 1.165) is 46.3 Å². The molecule has 58 heavy (non-hydrogen) atoms.